The third-order valence-corrected chi connectivity index (χ3v) is 3.97. The van der Waals surface area contributed by atoms with Crippen LogP contribution in [-0.4, -0.2) is 24.2 Å². The fourth-order valence-electron chi connectivity index (χ4n) is 1.84. The van der Waals surface area contributed by atoms with E-state index in [4.69, 9.17) is 16.7 Å². The van der Waals surface area contributed by atoms with Crippen molar-refractivity contribution in [3.8, 4) is 0 Å². The van der Waals surface area contributed by atoms with Crippen LogP contribution in [-0.2, 0) is 4.79 Å². The molecule has 1 N–H and O–H groups in total. The summed E-state index contributed by atoms with van der Waals surface area (Å²) >= 11 is 9.45. The average molecular weight is 305 g/mol. The maximum absolute atomic E-state index is 11.7. The number of hydrogen-bond acceptors (Lipinski definition) is 2. The topological polar surface area (TPSA) is 40.5 Å². The van der Waals surface area contributed by atoms with E-state index in [1.165, 1.54) is 0 Å². The quantitative estimate of drug-likeness (QED) is 0.912. The Labute approximate surface area is 107 Å². The molecule has 86 valence electrons. The summed E-state index contributed by atoms with van der Waals surface area (Å²) in [6, 6.07) is 5.48. The van der Waals surface area contributed by atoms with Gasteiger partial charge in [-0.2, -0.15) is 0 Å². The van der Waals surface area contributed by atoms with Crippen LogP contribution in [0.5, 0.6) is 0 Å². The lowest BCUT2D eigenvalue weighted by Crippen LogP contribution is -2.25. The van der Waals surface area contributed by atoms with Crippen molar-refractivity contribution in [2.45, 2.75) is 6.42 Å². The normalized spacial score (nSPS) is 20.6. The zero-order valence-corrected chi connectivity index (χ0v) is 10.8. The molecule has 0 aliphatic carbocycles. The number of anilines is 1. The van der Waals surface area contributed by atoms with Crippen molar-refractivity contribution in [3.63, 3.8) is 0 Å². The highest BCUT2D eigenvalue weighted by atomic mass is 79.9. The minimum absolute atomic E-state index is 0.0130. The molecule has 1 aromatic carbocycles. The number of rotatable bonds is 2. The lowest BCUT2D eigenvalue weighted by Gasteiger charge is -2.18. The van der Waals surface area contributed by atoms with Crippen LogP contribution in [0, 0.1) is 5.92 Å². The van der Waals surface area contributed by atoms with Gasteiger partial charge in [-0.05, 0) is 28.1 Å². The number of nitrogens with zero attached hydrogens (tertiary/aromatic N) is 1. The van der Waals surface area contributed by atoms with E-state index in [1.54, 1.807) is 4.90 Å². The Kier molecular flexibility index (Phi) is 3.52. The van der Waals surface area contributed by atoms with Gasteiger partial charge in [-0.1, -0.05) is 17.7 Å². The highest BCUT2D eigenvalue weighted by molar-refractivity contribution is 9.10. The number of hydrogen-bond donors (Lipinski definition) is 1. The first kappa shape index (κ1) is 11.9. The molecule has 1 heterocycles. The molecule has 1 fully saturated rings. The van der Waals surface area contributed by atoms with Gasteiger partial charge < -0.3 is 10.0 Å². The fourth-order valence-corrected chi connectivity index (χ4v) is 2.42. The maximum atomic E-state index is 11.7. The lowest BCUT2D eigenvalue weighted by molar-refractivity contribution is -0.117. The van der Waals surface area contributed by atoms with Gasteiger partial charge in [-0.25, -0.2) is 0 Å². The second kappa shape index (κ2) is 4.73. The Bertz CT molecular complexity index is 424. The van der Waals surface area contributed by atoms with Crippen molar-refractivity contribution in [2.75, 3.05) is 18.1 Å². The number of carbonyl (C=O) groups excluding carboxylic acids is 1. The predicted molar refractivity (Wildman–Crippen MR) is 66.7 cm³/mol. The van der Waals surface area contributed by atoms with Gasteiger partial charge in [-0.15, -0.1) is 0 Å². The smallest absolute Gasteiger partial charge is 0.227 e. The van der Waals surface area contributed by atoms with Crippen molar-refractivity contribution in [3.05, 3.63) is 27.7 Å². The highest BCUT2D eigenvalue weighted by Gasteiger charge is 2.31. The van der Waals surface area contributed by atoms with Crippen LogP contribution in [0.4, 0.5) is 5.69 Å². The fraction of sp³-hybridized carbons (Fsp3) is 0.364. The standard InChI is InChI=1S/C11H11BrClNO2/c12-8-2-1-3-9(11(8)13)14-5-7(6-15)4-10(14)16/h1-3,7,15H,4-6H2. The van der Waals surface area contributed by atoms with Crippen LogP contribution in [0.15, 0.2) is 22.7 Å². The average Bonchev–Trinajstić information content (AvgIpc) is 2.64. The molecule has 1 aliphatic rings. The predicted octanol–water partition coefficient (Wildman–Crippen LogP) is 2.45. The minimum atomic E-state index is 0.0130. The van der Waals surface area contributed by atoms with E-state index in [2.05, 4.69) is 15.9 Å². The van der Waals surface area contributed by atoms with Gasteiger partial charge >= 0.3 is 0 Å². The second-order valence-corrected chi connectivity index (χ2v) is 5.06. The van der Waals surface area contributed by atoms with E-state index in [0.717, 1.165) is 4.47 Å². The maximum Gasteiger partial charge on any atom is 0.227 e. The van der Waals surface area contributed by atoms with Gasteiger partial charge in [0, 0.05) is 30.0 Å². The van der Waals surface area contributed by atoms with Crippen LogP contribution in [0.2, 0.25) is 5.02 Å². The van der Waals surface area contributed by atoms with Gasteiger partial charge in [0.2, 0.25) is 5.91 Å². The van der Waals surface area contributed by atoms with Crippen LogP contribution < -0.4 is 4.90 Å². The number of aliphatic hydroxyl groups is 1. The van der Waals surface area contributed by atoms with Gasteiger partial charge in [0.15, 0.2) is 0 Å². The van der Waals surface area contributed by atoms with E-state index in [-0.39, 0.29) is 18.4 Å². The summed E-state index contributed by atoms with van der Waals surface area (Å²) < 4.78 is 0.770. The lowest BCUT2D eigenvalue weighted by atomic mass is 10.1. The number of amides is 1. The third-order valence-electron chi connectivity index (χ3n) is 2.69. The summed E-state index contributed by atoms with van der Waals surface area (Å²) in [6.07, 6.45) is 0.388. The summed E-state index contributed by atoms with van der Waals surface area (Å²) in [5.41, 5.74) is 0.706. The molecule has 1 unspecified atom stereocenters. The molecule has 0 bridgehead atoms. The summed E-state index contributed by atoms with van der Waals surface area (Å²) in [5, 5.41) is 9.59. The van der Waals surface area contributed by atoms with Crippen LogP contribution in [0.25, 0.3) is 0 Å². The Hall–Kier alpha value is -0.580. The van der Waals surface area contributed by atoms with E-state index < -0.39 is 0 Å². The Balaban J connectivity index is 2.31. The van der Waals surface area contributed by atoms with E-state index in [1.807, 2.05) is 18.2 Å². The van der Waals surface area contributed by atoms with Crippen molar-refractivity contribution < 1.29 is 9.90 Å². The number of carbonyl (C=O) groups is 1. The second-order valence-electron chi connectivity index (χ2n) is 3.83. The third kappa shape index (κ3) is 2.10. The zero-order valence-electron chi connectivity index (χ0n) is 8.49. The van der Waals surface area contributed by atoms with Gasteiger partial charge in [0.05, 0.1) is 10.7 Å². The Morgan fingerprint density at radius 1 is 1.56 bits per heavy atom. The first-order valence-electron chi connectivity index (χ1n) is 4.98. The number of aliphatic hydroxyl groups excluding tert-OH is 1. The van der Waals surface area contributed by atoms with Crippen molar-refractivity contribution in [2.24, 2.45) is 5.92 Å². The molecule has 2 rings (SSSR count). The molecular formula is C11H11BrClNO2. The molecule has 1 atom stereocenters. The first-order valence-corrected chi connectivity index (χ1v) is 6.16. The summed E-state index contributed by atoms with van der Waals surface area (Å²) in [7, 11) is 0. The Morgan fingerprint density at radius 2 is 2.31 bits per heavy atom. The summed E-state index contributed by atoms with van der Waals surface area (Å²) in [5.74, 6) is 0.0293. The number of benzene rings is 1. The molecule has 0 radical (unpaired) electrons. The van der Waals surface area contributed by atoms with Crippen molar-refractivity contribution in [1.29, 1.82) is 0 Å². The zero-order chi connectivity index (χ0) is 11.7. The number of halogens is 2. The molecule has 1 aliphatic heterocycles. The van der Waals surface area contributed by atoms with Gasteiger partial charge in [-0.3, -0.25) is 4.79 Å². The Morgan fingerprint density at radius 3 is 2.94 bits per heavy atom. The minimum Gasteiger partial charge on any atom is -0.396 e. The molecule has 0 spiro atoms. The largest absolute Gasteiger partial charge is 0.396 e. The molecular weight excluding hydrogens is 293 g/mol. The SMILES string of the molecule is O=C1CC(CO)CN1c1cccc(Br)c1Cl. The summed E-state index contributed by atoms with van der Waals surface area (Å²) in [4.78, 5) is 13.4. The van der Waals surface area contributed by atoms with Crippen LogP contribution >= 0.6 is 27.5 Å². The van der Waals surface area contributed by atoms with E-state index >= 15 is 0 Å². The molecule has 1 amide bonds. The van der Waals surface area contributed by atoms with Crippen molar-refractivity contribution >= 4 is 39.1 Å². The molecule has 0 saturated carbocycles. The van der Waals surface area contributed by atoms with Gasteiger partial charge in [0.1, 0.15) is 0 Å². The summed E-state index contributed by atoms with van der Waals surface area (Å²) in [6.45, 7) is 0.569. The van der Waals surface area contributed by atoms with Gasteiger partial charge in [0.25, 0.3) is 0 Å². The van der Waals surface area contributed by atoms with Crippen LogP contribution in [0.3, 0.4) is 0 Å². The monoisotopic (exact) mass is 303 g/mol. The van der Waals surface area contributed by atoms with E-state index in [9.17, 15) is 4.79 Å². The molecule has 1 aromatic rings. The molecule has 16 heavy (non-hydrogen) atoms. The van der Waals surface area contributed by atoms with Crippen molar-refractivity contribution in [1.82, 2.24) is 0 Å². The first-order chi connectivity index (χ1) is 7.63. The molecule has 3 nitrogen and oxygen atoms in total. The van der Waals surface area contributed by atoms with E-state index in [0.29, 0.717) is 23.7 Å². The van der Waals surface area contributed by atoms with Crippen LogP contribution in [0.1, 0.15) is 6.42 Å². The molecule has 5 heteroatoms. The highest BCUT2D eigenvalue weighted by Crippen LogP contribution is 2.35. The molecule has 0 aromatic heterocycles. The molecule has 1 saturated heterocycles.